The number of tetrazole rings is 1. The minimum Gasteiger partial charge on any atom is -0.477 e. The number of hydrogen-bond donors (Lipinski definition) is 5. The molecule has 2 aliphatic rings. The van der Waals surface area contributed by atoms with Gasteiger partial charge in [0.2, 0.25) is 5.16 Å². The van der Waals surface area contributed by atoms with Crippen molar-refractivity contribution in [2.45, 2.75) is 35.6 Å². The van der Waals surface area contributed by atoms with Crippen LogP contribution >= 0.6 is 23.5 Å². The van der Waals surface area contributed by atoms with E-state index in [-0.39, 0.29) is 22.6 Å². The van der Waals surface area contributed by atoms with E-state index in [1.807, 2.05) is 0 Å². The van der Waals surface area contributed by atoms with Crippen LogP contribution in [0.25, 0.3) is 0 Å². The number of carboxylic acids is 1. The molecule has 0 spiro atoms. The van der Waals surface area contributed by atoms with Gasteiger partial charge in [-0.1, -0.05) is 36.0 Å². The van der Waals surface area contributed by atoms with E-state index >= 15 is 0 Å². The average Bonchev–Trinajstić information content (AvgIpc) is 3.37. The fourth-order valence-corrected chi connectivity index (χ4v) is 5.96. The van der Waals surface area contributed by atoms with Gasteiger partial charge in [0.05, 0.1) is 6.04 Å². The molecule has 1 aromatic carbocycles. The summed E-state index contributed by atoms with van der Waals surface area (Å²) in [7, 11) is 0. The van der Waals surface area contributed by atoms with E-state index in [0.29, 0.717) is 16.5 Å². The molecular formula is C20H21N7O6S2. The second kappa shape index (κ2) is 10.2. The van der Waals surface area contributed by atoms with Crippen molar-refractivity contribution in [3.8, 4) is 0 Å². The fourth-order valence-electron chi connectivity index (χ4n) is 3.74. The van der Waals surface area contributed by atoms with Crippen LogP contribution < -0.4 is 11.1 Å². The summed E-state index contributed by atoms with van der Waals surface area (Å²) in [6.45, 7) is 1.50. The van der Waals surface area contributed by atoms with E-state index < -0.39 is 47.1 Å². The summed E-state index contributed by atoms with van der Waals surface area (Å²) < 4.78 is 0. The summed E-state index contributed by atoms with van der Waals surface area (Å²) in [4.78, 5) is 51.1. The lowest BCUT2D eigenvalue weighted by Gasteiger charge is -2.49. The first kappa shape index (κ1) is 24.8. The van der Waals surface area contributed by atoms with Crippen molar-refractivity contribution in [2.75, 3.05) is 11.5 Å². The molecule has 2 aliphatic heterocycles. The predicted octanol–water partition coefficient (Wildman–Crippen LogP) is -0.706. The maximum Gasteiger partial charge on any atom is 0.352 e. The van der Waals surface area contributed by atoms with Crippen molar-refractivity contribution in [1.29, 1.82) is 0 Å². The summed E-state index contributed by atoms with van der Waals surface area (Å²) >= 11 is 2.49. The number of ketones is 1. The SMILES string of the molecule is C[C@H](N)C(=O)c1ccccc1C(O)C(=O)NC1C(=O)N2C(C(=O)O)=C(CSc3nnn[nH]3)CS[C@@H]12. The maximum absolute atomic E-state index is 12.9. The van der Waals surface area contributed by atoms with Crippen LogP contribution in [0.3, 0.4) is 0 Å². The number of aromatic nitrogens is 4. The molecule has 3 heterocycles. The van der Waals surface area contributed by atoms with Gasteiger partial charge in [-0.2, -0.15) is 0 Å². The van der Waals surface area contributed by atoms with Gasteiger partial charge in [0.1, 0.15) is 17.1 Å². The number of carboxylic acid groups (broad SMARTS) is 1. The highest BCUT2D eigenvalue weighted by molar-refractivity contribution is 8.01. The number of fused-ring (bicyclic) bond motifs is 1. The van der Waals surface area contributed by atoms with Crippen molar-refractivity contribution < 1.29 is 29.4 Å². The number of aliphatic hydroxyl groups is 1. The highest BCUT2D eigenvalue weighted by atomic mass is 32.2. The Balaban J connectivity index is 1.48. The number of rotatable bonds is 9. The minimum atomic E-state index is -1.72. The molecule has 6 N–H and O–H groups in total. The highest BCUT2D eigenvalue weighted by Crippen LogP contribution is 2.41. The Kier molecular flexibility index (Phi) is 7.20. The lowest BCUT2D eigenvalue weighted by Crippen LogP contribution is -2.70. The molecule has 2 unspecified atom stereocenters. The Bertz CT molecular complexity index is 1200. The number of aromatic amines is 1. The van der Waals surface area contributed by atoms with Crippen LogP contribution in [0.15, 0.2) is 40.7 Å². The number of Topliss-reactive ketones (excluding diaryl/α,β-unsaturated/α-hetero) is 1. The zero-order chi connectivity index (χ0) is 25.3. The topological polar surface area (TPSA) is 204 Å². The number of benzene rings is 1. The number of hydrogen-bond acceptors (Lipinski definition) is 11. The first-order chi connectivity index (χ1) is 16.7. The molecule has 13 nitrogen and oxygen atoms in total. The molecule has 35 heavy (non-hydrogen) atoms. The quantitative estimate of drug-likeness (QED) is 0.158. The smallest absolute Gasteiger partial charge is 0.352 e. The van der Waals surface area contributed by atoms with Crippen LogP contribution in [0, 0.1) is 0 Å². The first-order valence-corrected chi connectivity index (χ1v) is 12.4. The number of nitrogens with one attached hydrogen (secondary N) is 2. The number of amides is 2. The van der Waals surface area contributed by atoms with Crippen molar-refractivity contribution in [3.05, 3.63) is 46.7 Å². The molecule has 1 fully saturated rings. The van der Waals surface area contributed by atoms with E-state index in [1.54, 1.807) is 12.1 Å². The van der Waals surface area contributed by atoms with Gasteiger partial charge in [-0.15, -0.1) is 16.9 Å². The lowest BCUT2D eigenvalue weighted by molar-refractivity contribution is -0.151. The third-order valence-electron chi connectivity index (χ3n) is 5.44. The average molecular weight is 520 g/mol. The molecule has 1 aromatic heterocycles. The van der Waals surface area contributed by atoms with Crippen LogP contribution in [0.2, 0.25) is 0 Å². The number of H-pyrrole nitrogens is 1. The second-order valence-corrected chi connectivity index (χ2v) is 9.86. The third kappa shape index (κ3) is 4.80. The summed E-state index contributed by atoms with van der Waals surface area (Å²) in [6.07, 6.45) is -1.72. The Hall–Kier alpha value is -3.27. The number of nitrogens with two attached hydrogens (primary N) is 1. The molecule has 1 saturated heterocycles. The summed E-state index contributed by atoms with van der Waals surface area (Å²) in [5, 5.41) is 35.9. The van der Waals surface area contributed by atoms with Gasteiger partial charge in [0.25, 0.3) is 11.8 Å². The molecular weight excluding hydrogens is 498 g/mol. The molecule has 2 aromatic rings. The van der Waals surface area contributed by atoms with E-state index in [4.69, 9.17) is 5.73 Å². The van der Waals surface area contributed by atoms with Crippen LogP contribution in [0.4, 0.5) is 0 Å². The predicted molar refractivity (Wildman–Crippen MR) is 124 cm³/mol. The van der Waals surface area contributed by atoms with Gasteiger partial charge in [-0.05, 0) is 22.9 Å². The summed E-state index contributed by atoms with van der Waals surface area (Å²) in [5.41, 5.74) is 6.22. The minimum absolute atomic E-state index is 0.0690. The molecule has 184 valence electrons. The fraction of sp³-hybridized carbons (Fsp3) is 0.350. The zero-order valence-electron chi connectivity index (χ0n) is 18.2. The normalized spacial score (nSPS) is 21.1. The number of thioether (sulfide) groups is 2. The molecule has 0 aliphatic carbocycles. The molecule has 4 rings (SSSR count). The number of aliphatic carboxylic acids is 1. The molecule has 0 bridgehead atoms. The number of nitrogens with zero attached hydrogens (tertiary/aromatic N) is 4. The van der Waals surface area contributed by atoms with Gasteiger partial charge >= 0.3 is 5.97 Å². The van der Waals surface area contributed by atoms with E-state index in [0.717, 1.165) is 4.90 Å². The molecule has 15 heteroatoms. The van der Waals surface area contributed by atoms with E-state index in [1.165, 1.54) is 42.6 Å². The summed E-state index contributed by atoms with van der Waals surface area (Å²) in [6, 6.07) is 4.19. The Morgan fingerprint density at radius 1 is 1.37 bits per heavy atom. The molecule has 2 amide bonds. The van der Waals surface area contributed by atoms with Crippen LogP contribution in [0.1, 0.15) is 28.9 Å². The standard InChI is InChI=1S/C20H21N7O6S2/c1-8(21)14(28)10-4-2-3-5-11(10)15(29)16(30)22-12-17(31)27-13(19(32)33)9(6-34-18(12)27)7-35-20-23-25-26-24-20/h2-5,8,12,15,18,29H,6-7,21H2,1H3,(H,22,30)(H,32,33)(H,23,24,25,26)/t8-,12?,15?,18-/m0/s1. The lowest BCUT2D eigenvalue weighted by atomic mass is 9.95. The monoisotopic (exact) mass is 519 g/mol. The van der Waals surface area contributed by atoms with Gasteiger partial charge in [-0.25, -0.2) is 9.89 Å². The third-order valence-corrected chi connectivity index (χ3v) is 7.72. The number of aliphatic hydroxyl groups excluding tert-OH is 1. The van der Waals surface area contributed by atoms with E-state index in [9.17, 15) is 29.4 Å². The first-order valence-electron chi connectivity index (χ1n) is 10.3. The van der Waals surface area contributed by atoms with Crippen LogP contribution in [-0.4, -0.2) is 88.3 Å². The van der Waals surface area contributed by atoms with Crippen LogP contribution in [0.5, 0.6) is 0 Å². The summed E-state index contributed by atoms with van der Waals surface area (Å²) in [5.74, 6) is -2.63. The molecule has 0 saturated carbocycles. The largest absolute Gasteiger partial charge is 0.477 e. The Morgan fingerprint density at radius 2 is 2.11 bits per heavy atom. The highest BCUT2D eigenvalue weighted by Gasteiger charge is 2.54. The second-order valence-electron chi connectivity index (χ2n) is 7.79. The number of carbonyl (C=O) groups excluding carboxylic acids is 3. The molecule has 4 atom stereocenters. The Morgan fingerprint density at radius 3 is 2.77 bits per heavy atom. The van der Waals surface area contributed by atoms with Crippen molar-refractivity contribution in [2.24, 2.45) is 5.73 Å². The Labute approximate surface area is 206 Å². The van der Waals surface area contributed by atoms with Crippen molar-refractivity contribution in [1.82, 2.24) is 30.8 Å². The molecule has 0 radical (unpaired) electrons. The van der Waals surface area contributed by atoms with Gasteiger partial charge < -0.3 is 21.3 Å². The van der Waals surface area contributed by atoms with Crippen LogP contribution in [-0.2, 0) is 14.4 Å². The van der Waals surface area contributed by atoms with Crippen molar-refractivity contribution >= 4 is 47.1 Å². The van der Waals surface area contributed by atoms with E-state index in [2.05, 4.69) is 25.9 Å². The van der Waals surface area contributed by atoms with Gasteiger partial charge in [-0.3, -0.25) is 19.3 Å². The number of β-lactam (4-membered cyclic amide) rings is 1. The van der Waals surface area contributed by atoms with Gasteiger partial charge in [0, 0.05) is 22.6 Å². The van der Waals surface area contributed by atoms with Gasteiger partial charge in [0.15, 0.2) is 11.9 Å². The zero-order valence-corrected chi connectivity index (χ0v) is 19.9. The number of carbonyl (C=O) groups is 4. The maximum atomic E-state index is 12.9. The van der Waals surface area contributed by atoms with Crippen molar-refractivity contribution in [3.63, 3.8) is 0 Å².